The molecular weight excluding hydrogens is 368 g/mol. The summed E-state index contributed by atoms with van der Waals surface area (Å²) in [6.07, 6.45) is 6.12. The van der Waals surface area contributed by atoms with E-state index in [4.69, 9.17) is 4.74 Å². The minimum absolute atomic E-state index is 0.164. The van der Waals surface area contributed by atoms with E-state index >= 15 is 0 Å². The van der Waals surface area contributed by atoms with Crippen LogP contribution in [0.25, 0.3) is 17.2 Å². The van der Waals surface area contributed by atoms with Crippen molar-refractivity contribution in [3.05, 3.63) is 64.2 Å². The van der Waals surface area contributed by atoms with E-state index < -0.39 is 10.2 Å². The summed E-state index contributed by atoms with van der Waals surface area (Å²) in [6.45, 7) is 4.99. The Morgan fingerprint density at radius 2 is 2.00 bits per heavy atom. The highest BCUT2D eigenvalue weighted by Crippen LogP contribution is 2.53. The lowest BCUT2D eigenvalue weighted by molar-refractivity contribution is 0.189. The number of aryl methyl sites for hydroxylation is 1. The molecule has 2 aromatic rings. The SMILES string of the molecule is CCS1(N=O)CCC(Oc2cc(-c3cccc(C)c3)cc3c2CNC=C3)CC1. The minimum Gasteiger partial charge on any atom is -0.490 e. The predicted octanol–water partition coefficient (Wildman–Crippen LogP) is 5.78. The lowest BCUT2D eigenvalue weighted by atomic mass is 9.96. The standard InChI is InChI=1S/C23H28N2O2S/c1-3-28(25-26)11-8-21(9-12-28)27-23-15-20(18-6-4-5-17(2)13-18)14-19-7-10-24-16-22(19)23/h4-7,10,13-15,21,24H,3,8-9,11-12,16H2,1-2H3. The Kier molecular flexibility index (Phi) is 5.44. The number of hydrogen-bond donors (Lipinski definition) is 1. The van der Waals surface area contributed by atoms with Gasteiger partial charge in [-0.1, -0.05) is 36.8 Å². The Balaban J connectivity index is 1.62. The molecular formula is C23H28N2O2S. The molecule has 0 atom stereocenters. The van der Waals surface area contributed by atoms with Gasteiger partial charge in [-0.3, -0.25) is 0 Å². The van der Waals surface area contributed by atoms with Gasteiger partial charge in [0, 0.05) is 23.6 Å². The number of hydrogen-bond acceptors (Lipinski definition) is 4. The molecule has 2 aliphatic heterocycles. The maximum atomic E-state index is 11.3. The summed E-state index contributed by atoms with van der Waals surface area (Å²) in [4.78, 5) is 11.3. The van der Waals surface area contributed by atoms with Crippen LogP contribution in [-0.4, -0.2) is 23.4 Å². The lowest BCUT2D eigenvalue weighted by Crippen LogP contribution is -2.29. The van der Waals surface area contributed by atoms with Crippen LogP contribution in [0.4, 0.5) is 0 Å². The van der Waals surface area contributed by atoms with Crippen molar-refractivity contribution in [2.75, 3.05) is 17.3 Å². The first kappa shape index (κ1) is 19.1. The van der Waals surface area contributed by atoms with Crippen LogP contribution in [-0.2, 0) is 6.54 Å². The summed E-state index contributed by atoms with van der Waals surface area (Å²) in [6, 6.07) is 13.0. The molecule has 2 aliphatic rings. The van der Waals surface area contributed by atoms with Crippen LogP contribution in [0.2, 0.25) is 0 Å². The van der Waals surface area contributed by atoms with Gasteiger partial charge in [-0.2, -0.15) is 0 Å². The normalized spacial score (nSPS) is 25.9. The Hall–Kier alpha value is -2.27. The third kappa shape index (κ3) is 3.81. The summed E-state index contributed by atoms with van der Waals surface area (Å²) in [7, 11) is -1.31. The maximum Gasteiger partial charge on any atom is 0.125 e. The number of nitroso groups, excluding NO2 is 1. The van der Waals surface area contributed by atoms with Gasteiger partial charge in [-0.25, -0.2) is 0 Å². The van der Waals surface area contributed by atoms with E-state index in [1.807, 2.05) is 6.20 Å². The molecule has 2 aromatic carbocycles. The fourth-order valence-corrected chi connectivity index (χ4v) is 6.51. The van der Waals surface area contributed by atoms with Gasteiger partial charge in [-0.15, -0.1) is 15.1 Å². The molecule has 28 heavy (non-hydrogen) atoms. The molecule has 0 bridgehead atoms. The van der Waals surface area contributed by atoms with Crippen LogP contribution in [0.5, 0.6) is 5.75 Å². The van der Waals surface area contributed by atoms with E-state index in [1.165, 1.54) is 27.8 Å². The van der Waals surface area contributed by atoms with Gasteiger partial charge in [0.25, 0.3) is 0 Å². The molecule has 0 aromatic heterocycles. The molecule has 1 N–H and O–H groups in total. The van der Waals surface area contributed by atoms with Gasteiger partial charge < -0.3 is 10.1 Å². The van der Waals surface area contributed by atoms with Crippen molar-refractivity contribution < 1.29 is 4.74 Å². The third-order valence-corrected chi connectivity index (χ3v) is 9.27. The topological polar surface area (TPSA) is 50.7 Å². The molecule has 0 saturated carbocycles. The quantitative estimate of drug-likeness (QED) is 0.652. The van der Waals surface area contributed by atoms with Crippen LogP contribution >= 0.6 is 10.2 Å². The Morgan fingerprint density at radius 1 is 1.18 bits per heavy atom. The Bertz CT molecular complexity index is 901. The van der Waals surface area contributed by atoms with Crippen molar-refractivity contribution >= 4 is 16.3 Å². The van der Waals surface area contributed by atoms with Crippen molar-refractivity contribution in [2.24, 2.45) is 4.58 Å². The van der Waals surface area contributed by atoms with Crippen molar-refractivity contribution in [1.82, 2.24) is 5.32 Å². The number of nitrogens with zero attached hydrogens (tertiary/aromatic N) is 1. The Labute approximate surface area is 168 Å². The van der Waals surface area contributed by atoms with E-state index in [0.717, 1.165) is 42.4 Å². The van der Waals surface area contributed by atoms with Crippen molar-refractivity contribution in [2.45, 2.75) is 39.3 Å². The number of fused-ring (bicyclic) bond motifs is 1. The zero-order chi connectivity index (χ0) is 19.6. The fraction of sp³-hybridized carbons (Fsp3) is 0.391. The minimum atomic E-state index is -1.31. The second-order valence-electron chi connectivity index (χ2n) is 7.71. The first-order chi connectivity index (χ1) is 13.6. The van der Waals surface area contributed by atoms with Gasteiger partial charge in [-0.05, 0) is 71.2 Å². The molecule has 0 aliphatic carbocycles. The fourth-order valence-electron chi connectivity index (χ4n) is 4.07. The van der Waals surface area contributed by atoms with Crippen LogP contribution in [0.1, 0.15) is 36.5 Å². The van der Waals surface area contributed by atoms with E-state index in [0.29, 0.717) is 0 Å². The van der Waals surface area contributed by atoms with E-state index in [-0.39, 0.29) is 6.10 Å². The molecule has 4 nitrogen and oxygen atoms in total. The van der Waals surface area contributed by atoms with Gasteiger partial charge in [0.1, 0.15) is 11.9 Å². The van der Waals surface area contributed by atoms with E-state index in [2.05, 4.69) is 66.2 Å². The van der Waals surface area contributed by atoms with Crippen LogP contribution < -0.4 is 10.1 Å². The average molecular weight is 397 g/mol. The highest BCUT2D eigenvalue weighted by Gasteiger charge is 2.32. The molecule has 2 heterocycles. The zero-order valence-corrected chi connectivity index (χ0v) is 17.4. The molecule has 4 rings (SSSR count). The number of rotatable bonds is 5. The second-order valence-corrected chi connectivity index (χ2v) is 11.3. The first-order valence-corrected chi connectivity index (χ1v) is 12.1. The molecule has 0 unspecified atom stereocenters. The number of ether oxygens (including phenoxy) is 1. The summed E-state index contributed by atoms with van der Waals surface area (Å²) in [5.74, 6) is 3.66. The molecule has 0 amide bonds. The molecule has 1 fully saturated rings. The van der Waals surface area contributed by atoms with Crippen molar-refractivity contribution in [3.63, 3.8) is 0 Å². The summed E-state index contributed by atoms with van der Waals surface area (Å²) >= 11 is 0. The monoisotopic (exact) mass is 396 g/mol. The largest absolute Gasteiger partial charge is 0.490 e. The maximum absolute atomic E-state index is 11.3. The van der Waals surface area contributed by atoms with Crippen LogP contribution in [0, 0.1) is 11.8 Å². The van der Waals surface area contributed by atoms with E-state index in [9.17, 15) is 4.91 Å². The molecule has 1 saturated heterocycles. The first-order valence-electron chi connectivity index (χ1n) is 10.0. The van der Waals surface area contributed by atoms with Gasteiger partial charge in [0.05, 0.1) is 0 Å². The van der Waals surface area contributed by atoms with Gasteiger partial charge >= 0.3 is 0 Å². The highest BCUT2D eigenvalue weighted by molar-refractivity contribution is 8.32. The van der Waals surface area contributed by atoms with E-state index in [1.54, 1.807) is 0 Å². The van der Waals surface area contributed by atoms with Crippen molar-refractivity contribution in [1.29, 1.82) is 0 Å². The number of benzene rings is 2. The number of nitrogens with one attached hydrogen (secondary N) is 1. The summed E-state index contributed by atoms with van der Waals surface area (Å²) < 4.78 is 10.1. The van der Waals surface area contributed by atoms with Crippen LogP contribution in [0.3, 0.4) is 0 Å². The molecule has 0 spiro atoms. The second kappa shape index (κ2) is 8.00. The average Bonchev–Trinajstić information content (AvgIpc) is 2.74. The predicted molar refractivity (Wildman–Crippen MR) is 120 cm³/mol. The lowest BCUT2D eigenvalue weighted by Gasteiger charge is -2.38. The van der Waals surface area contributed by atoms with Gasteiger partial charge in [0.2, 0.25) is 0 Å². The van der Waals surface area contributed by atoms with Crippen LogP contribution in [0.15, 0.2) is 47.2 Å². The van der Waals surface area contributed by atoms with Gasteiger partial charge in [0.15, 0.2) is 0 Å². The van der Waals surface area contributed by atoms with Crippen molar-refractivity contribution in [3.8, 4) is 16.9 Å². The smallest absolute Gasteiger partial charge is 0.125 e. The molecule has 0 radical (unpaired) electrons. The third-order valence-electron chi connectivity index (χ3n) is 5.88. The molecule has 148 valence electrons. The zero-order valence-electron chi connectivity index (χ0n) is 16.6. The molecule has 5 heteroatoms. The summed E-state index contributed by atoms with van der Waals surface area (Å²) in [5, 5.41) is 3.31. The summed E-state index contributed by atoms with van der Waals surface area (Å²) in [5.41, 5.74) is 6.08. The highest BCUT2D eigenvalue weighted by atomic mass is 32.3. The Morgan fingerprint density at radius 3 is 2.71 bits per heavy atom.